The summed E-state index contributed by atoms with van der Waals surface area (Å²) in [4.78, 5) is 18.7. The Bertz CT molecular complexity index is 1180. The van der Waals surface area contributed by atoms with Crippen molar-refractivity contribution in [3.8, 4) is 0 Å². The van der Waals surface area contributed by atoms with E-state index in [-0.39, 0.29) is 29.9 Å². The van der Waals surface area contributed by atoms with E-state index in [0.717, 1.165) is 12.1 Å². The molecule has 5 nitrogen and oxygen atoms in total. The molecule has 1 aliphatic rings. The van der Waals surface area contributed by atoms with E-state index < -0.39 is 11.7 Å². The number of ether oxygens (including phenoxy) is 1. The minimum Gasteiger partial charge on any atom is -0.377 e. The molecule has 0 atom stereocenters. The van der Waals surface area contributed by atoms with Gasteiger partial charge in [0.15, 0.2) is 0 Å². The first-order valence-corrected chi connectivity index (χ1v) is 10.6. The molecule has 1 aromatic heterocycles. The van der Waals surface area contributed by atoms with E-state index in [0.29, 0.717) is 42.8 Å². The molecule has 1 saturated heterocycles. The SMILES string of the molecule is COCc1nc2cc(C(F)(F)F)ccc2n1C1CCN(C(=O)/C=C/c2cccc(F)c2)CC1. The van der Waals surface area contributed by atoms with Crippen LogP contribution in [0.1, 0.15) is 35.8 Å². The van der Waals surface area contributed by atoms with Crippen molar-refractivity contribution < 1.29 is 27.1 Å². The molecule has 0 unspecified atom stereocenters. The third-order valence-corrected chi connectivity index (χ3v) is 5.77. The number of hydrogen-bond donors (Lipinski definition) is 0. The summed E-state index contributed by atoms with van der Waals surface area (Å²) in [6.07, 6.45) is -0.178. The smallest absolute Gasteiger partial charge is 0.377 e. The zero-order valence-electron chi connectivity index (χ0n) is 18.0. The van der Waals surface area contributed by atoms with Gasteiger partial charge in [-0.2, -0.15) is 13.2 Å². The van der Waals surface area contributed by atoms with Gasteiger partial charge in [0, 0.05) is 32.3 Å². The number of methoxy groups -OCH3 is 1. The van der Waals surface area contributed by atoms with Crippen molar-refractivity contribution in [1.82, 2.24) is 14.5 Å². The quantitative estimate of drug-likeness (QED) is 0.387. The lowest BCUT2D eigenvalue weighted by Crippen LogP contribution is -2.38. The summed E-state index contributed by atoms with van der Waals surface area (Å²) in [5.41, 5.74) is 0.749. The van der Waals surface area contributed by atoms with Gasteiger partial charge in [-0.25, -0.2) is 9.37 Å². The molecule has 3 aromatic rings. The predicted octanol–water partition coefficient (Wildman–Crippen LogP) is 5.22. The van der Waals surface area contributed by atoms with E-state index in [1.165, 1.54) is 31.4 Å². The fraction of sp³-hybridized carbons (Fsp3) is 0.333. The predicted molar refractivity (Wildman–Crippen MR) is 116 cm³/mol. The Morgan fingerprint density at radius 3 is 2.61 bits per heavy atom. The number of aromatic nitrogens is 2. The number of amides is 1. The lowest BCUT2D eigenvalue weighted by Gasteiger charge is -2.33. The average Bonchev–Trinajstić information content (AvgIpc) is 3.14. The third kappa shape index (κ3) is 5.08. The van der Waals surface area contributed by atoms with E-state index in [1.807, 2.05) is 4.57 Å². The maximum atomic E-state index is 13.3. The lowest BCUT2D eigenvalue weighted by molar-refractivity contribution is -0.137. The summed E-state index contributed by atoms with van der Waals surface area (Å²) < 4.78 is 59.8. The number of likely N-dealkylation sites (tertiary alicyclic amines) is 1. The molecule has 0 saturated carbocycles. The number of piperidine rings is 1. The van der Waals surface area contributed by atoms with E-state index in [4.69, 9.17) is 4.74 Å². The number of benzene rings is 2. The Morgan fingerprint density at radius 2 is 1.94 bits per heavy atom. The summed E-state index contributed by atoms with van der Waals surface area (Å²) >= 11 is 0. The van der Waals surface area contributed by atoms with Gasteiger partial charge in [-0.05, 0) is 54.8 Å². The monoisotopic (exact) mass is 461 g/mol. The summed E-state index contributed by atoms with van der Waals surface area (Å²) in [6, 6.07) is 9.53. The van der Waals surface area contributed by atoms with E-state index in [2.05, 4.69) is 4.98 Å². The van der Waals surface area contributed by atoms with Crippen molar-refractivity contribution in [2.24, 2.45) is 0 Å². The van der Waals surface area contributed by atoms with Gasteiger partial charge in [0.25, 0.3) is 0 Å². The molecule has 1 aliphatic heterocycles. The fourth-order valence-corrected chi connectivity index (χ4v) is 4.19. The number of nitrogens with zero attached hydrogens (tertiary/aromatic N) is 3. The number of halogens is 4. The van der Waals surface area contributed by atoms with Crippen molar-refractivity contribution in [2.45, 2.75) is 31.7 Å². The van der Waals surface area contributed by atoms with Crippen LogP contribution in [0.3, 0.4) is 0 Å². The highest BCUT2D eigenvalue weighted by Crippen LogP contribution is 2.34. The number of alkyl halides is 3. The molecule has 1 fully saturated rings. The molecule has 9 heteroatoms. The zero-order valence-corrected chi connectivity index (χ0v) is 18.0. The Hall–Kier alpha value is -3.20. The Balaban J connectivity index is 1.50. The van der Waals surface area contributed by atoms with E-state index in [9.17, 15) is 22.4 Å². The van der Waals surface area contributed by atoms with Gasteiger partial charge in [-0.1, -0.05) is 12.1 Å². The molecule has 2 aromatic carbocycles. The summed E-state index contributed by atoms with van der Waals surface area (Å²) in [6.45, 7) is 1.15. The van der Waals surface area contributed by atoms with Crippen LogP contribution < -0.4 is 0 Å². The van der Waals surface area contributed by atoms with Gasteiger partial charge in [-0.3, -0.25) is 4.79 Å². The van der Waals surface area contributed by atoms with Crippen LogP contribution in [-0.2, 0) is 22.3 Å². The van der Waals surface area contributed by atoms with Crippen molar-refractivity contribution in [3.63, 3.8) is 0 Å². The minimum absolute atomic E-state index is 0.0202. The van der Waals surface area contributed by atoms with Crippen LogP contribution in [0.5, 0.6) is 0 Å². The number of fused-ring (bicyclic) bond motifs is 1. The first-order chi connectivity index (χ1) is 15.8. The van der Waals surface area contributed by atoms with Gasteiger partial charge in [-0.15, -0.1) is 0 Å². The van der Waals surface area contributed by atoms with Crippen LogP contribution in [-0.4, -0.2) is 40.6 Å². The first-order valence-electron chi connectivity index (χ1n) is 10.6. The highest BCUT2D eigenvalue weighted by Gasteiger charge is 2.32. The van der Waals surface area contributed by atoms with Crippen molar-refractivity contribution in [1.29, 1.82) is 0 Å². The van der Waals surface area contributed by atoms with Gasteiger partial charge in [0.1, 0.15) is 18.2 Å². The molecule has 1 amide bonds. The largest absolute Gasteiger partial charge is 0.416 e. The molecule has 33 heavy (non-hydrogen) atoms. The number of hydrogen-bond acceptors (Lipinski definition) is 3. The van der Waals surface area contributed by atoms with Crippen LogP contribution in [0.25, 0.3) is 17.1 Å². The molecular weight excluding hydrogens is 438 g/mol. The van der Waals surface area contributed by atoms with Gasteiger partial charge < -0.3 is 14.2 Å². The second-order valence-electron chi connectivity index (χ2n) is 7.98. The number of imidazole rings is 1. The molecule has 0 spiro atoms. The molecule has 0 bridgehead atoms. The molecule has 174 valence electrons. The topological polar surface area (TPSA) is 47.4 Å². The van der Waals surface area contributed by atoms with Gasteiger partial charge in [0.05, 0.1) is 16.6 Å². The molecule has 4 rings (SSSR count). The van der Waals surface area contributed by atoms with Crippen molar-refractivity contribution >= 4 is 23.0 Å². The van der Waals surface area contributed by atoms with Crippen molar-refractivity contribution in [3.05, 3.63) is 71.3 Å². The van der Waals surface area contributed by atoms with Crippen LogP contribution in [0.2, 0.25) is 0 Å². The number of rotatable bonds is 5. The normalized spacial score (nSPS) is 15.6. The second-order valence-corrected chi connectivity index (χ2v) is 7.98. The Morgan fingerprint density at radius 1 is 1.18 bits per heavy atom. The summed E-state index contributed by atoms with van der Waals surface area (Å²) in [5, 5.41) is 0. The maximum absolute atomic E-state index is 13.3. The van der Waals surface area contributed by atoms with Crippen LogP contribution in [0.4, 0.5) is 17.6 Å². The van der Waals surface area contributed by atoms with Crippen LogP contribution in [0, 0.1) is 5.82 Å². The van der Waals surface area contributed by atoms with E-state index >= 15 is 0 Å². The maximum Gasteiger partial charge on any atom is 0.416 e. The van der Waals surface area contributed by atoms with Gasteiger partial charge in [0.2, 0.25) is 5.91 Å². The van der Waals surface area contributed by atoms with E-state index in [1.54, 1.807) is 23.1 Å². The standard InChI is InChI=1S/C24H23F4N3O2/c1-33-15-22-29-20-14-17(24(26,27)28)6-7-21(20)31(22)19-9-11-30(12-10-19)23(32)8-5-16-3-2-4-18(25)13-16/h2-8,13-14,19H,9-12,15H2,1H3/b8-5+. The number of carbonyl (C=O) groups excluding carboxylic acids is 1. The molecule has 0 aliphatic carbocycles. The van der Waals surface area contributed by atoms with Gasteiger partial charge >= 0.3 is 6.18 Å². The molecule has 2 heterocycles. The summed E-state index contributed by atoms with van der Waals surface area (Å²) in [5.74, 6) is 0.0231. The highest BCUT2D eigenvalue weighted by molar-refractivity contribution is 5.91. The van der Waals surface area contributed by atoms with Crippen molar-refractivity contribution in [2.75, 3.05) is 20.2 Å². The molecular formula is C24H23F4N3O2. The molecule has 0 N–H and O–H groups in total. The lowest BCUT2D eigenvalue weighted by atomic mass is 10.0. The van der Waals surface area contributed by atoms with Crippen LogP contribution >= 0.6 is 0 Å². The second kappa shape index (κ2) is 9.35. The number of carbonyl (C=O) groups is 1. The Kier molecular flexibility index (Phi) is 6.51. The highest BCUT2D eigenvalue weighted by atomic mass is 19.4. The summed E-state index contributed by atoms with van der Waals surface area (Å²) in [7, 11) is 1.51. The third-order valence-electron chi connectivity index (χ3n) is 5.77. The minimum atomic E-state index is -4.44. The Labute approximate surface area is 188 Å². The molecule has 0 radical (unpaired) electrons. The van der Waals surface area contributed by atoms with Crippen LogP contribution in [0.15, 0.2) is 48.5 Å². The average molecular weight is 461 g/mol. The fourth-order valence-electron chi connectivity index (χ4n) is 4.19. The first kappa shape index (κ1) is 23.0. The zero-order chi connectivity index (χ0) is 23.6.